The molecular weight excluding hydrogens is 372 g/mol. The van der Waals surface area contributed by atoms with Crippen molar-refractivity contribution in [1.29, 1.82) is 0 Å². The molecule has 2 aliphatic rings. The second kappa shape index (κ2) is 6.79. The van der Waals surface area contributed by atoms with Crippen molar-refractivity contribution in [2.45, 2.75) is 19.0 Å². The lowest BCUT2D eigenvalue weighted by atomic mass is 10.1. The van der Waals surface area contributed by atoms with E-state index in [2.05, 4.69) is 16.5 Å². The van der Waals surface area contributed by atoms with Crippen LogP contribution in [-0.4, -0.2) is 65.0 Å². The largest absolute Gasteiger partial charge is 0.337 e. The highest BCUT2D eigenvalue weighted by Crippen LogP contribution is 2.28. The summed E-state index contributed by atoms with van der Waals surface area (Å²) in [6.07, 6.45) is 4.43. The van der Waals surface area contributed by atoms with Gasteiger partial charge in [0.2, 0.25) is 5.91 Å². The topological polar surface area (TPSA) is 75.5 Å². The molecule has 1 atom stereocenters. The number of hydrogen-bond donors (Lipinski definition) is 0. The molecule has 0 aromatic carbocycles. The van der Waals surface area contributed by atoms with Crippen LogP contribution in [0.5, 0.6) is 0 Å². The van der Waals surface area contributed by atoms with Gasteiger partial charge in [0.05, 0.1) is 30.3 Å². The molecule has 0 bridgehead atoms. The van der Waals surface area contributed by atoms with Gasteiger partial charge < -0.3 is 4.90 Å². The average molecular weight is 395 g/mol. The fourth-order valence-electron chi connectivity index (χ4n) is 3.69. The minimum Gasteiger partial charge on any atom is -0.337 e. The fourth-order valence-corrected chi connectivity index (χ4v) is 6.14. The second-order valence-electron chi connectivity index (χ2n) is 6.98. The highest BCUT2D eigenvalue weighted by atomic mass is 32.2. The van der Waals surface area contributed by atoms with Crippen molar-refractivity contribution < 1.29 is 13.2 Å². The third kappa shape index (κ3) is 3.56. The Morgan fingerprint density at radius 2 is 2.23 bits per heavy atom. The molecule has 140 valence electrons. The first-order valence-corrected chi connectivity index (χ1v) is 11.4. The van der Waals surface area contributed by atoms with E-state index in [0.717, 1.165) is 18.5 Å². The Bertz CT molecular complexity index is 918. The quantitative estimate of drug-likeness (QED) is 0.771. The van der Waals surface area contributed by atoms with Crippen molar-refractivity contribution in [3.8, 4) is 0 Å². The van der Waals surface area contributed by atoms with Crippen LogP contribution >= 0.6 is 11.3 Å². The Balaban J connectivity index is 1.49. The first-order valence-electron chi connectivity index (χ1n) is 8.67. The van der Waals surface area contributed by atoms with Crippen molar-refractivity contribution in [3.63, 3.8) is 0 Å². The normalized spacial score (nSPS) is 23.0. The van der Waals surface area contributed by atoms with Gasteiger partial charge in [0.25, 0.3) is 0 Å². The van der Waals surface area contributed by atoms with E-state index in [1.165, 1.54) is 10.4 Å². The van der Waals surface area contributed by atoms with E-state index in [1.54, 1.807) is 22.2 Å². The lowest BCUT2D eigenvalue weighted by molar-refractivity contribution is -0.133. The Morgan fingerprint density at radius 3 is 3.00 bits per heavy atom. The second-order valence-corrected chi connectivity index (χ2v) is 10.2. The molecule has 2 aliphatic heterocycles. The molecule has 0 radical (unpaired) electrons. The number of nitrogens with zero attached hydrogens (tertiary/aromatic N) is 4. The number of carbonyl (C=O) groups is 1. The van der Waals surface area contributed by atoms with Gasteiger partial charge in [-0.25, -0.2) is 8.42 Å². The summed E-state index contributed by atoms with van der Waals surface area (Å²) < 4.78 is 25.9. The SMILES string of the molecule is Cn1cc(C2CS(=O)(=O)CCN2CC(=O)N2CCc3sccc3C2)cn1. The molecule has 0 saturated carbocycles. The summed E-state index contributed by atoms with van der Waals surface area (Å²) in [4.78, 5) is 18.1. The molecule has 4 rings (SSSR count). The van der Waals surface area contributed by atoms with Crippen LogP contribution in [0.4, 0.5) is 0 Å². The van der Waals surface area contributed by atoms with Crippen LogP contribution in [0.15, 0.2) is 23.8 Å². The maximum Gasteiger partial charge on any atom is 0.237 e. The van der Waals surface area contributed by atoms with Gasteiger partial charge in [0, 0.05) is 43.3 Å². The molecule has 4 heterocycles. The van der Waals surface area contributed by atoms with Gasteiger partial charge in [-0.05, 0) is 23.4 Å². The lowest BCUT2D eigenvalue weighted by Gasteiger charge is -2.36. The van der Waals surface area contributed by atoms with E-state index < -0.39 is 9.84 Å². The van der Waals surface area contributed by atoms with Crippen molar-refractivity contribution in [1.82, 2.24) is 19.6 Å². The maximum absolute atomic E-state index is 12.9. The van der Waals surface area contributed by atoms with E-state index in [4.69, 9.17) is 0 Å². The van der Waals surface area contributed by atoms with Crippen LogP contribution in [0.2, 0.25) is 0 Å². The predicted molar refractivity (Wildman–Crippen MR) is 99.6 cm³/mol. The number of fused-ring (bicyclic) bond motifs is 1. The Labute approximate surface area is 157 Å². The Hall–Kier alpha value is -1.71. The van der Waals surface area contributed by atoms with Crippen molar-refractivity contribution in [2.24, 2.45) is 7.05 Å². The molecule has 7 nitrogen and oxygen atoms in total. The van der Waals surface area contributed by atoms with E-state index >= 15 is 0 Å². The maximum atomic E-state index is 12.9. The van der Waals surface area contributed by atoms with Gasteiger partial charge in [-0.15, -0.1) is 11.3 Å². The molecule has 26 heavy (non-hydrogen) atoms. The van der Waals surface area contributed by atoms with Crippen molar-refractivity contribution in [2.75, 3.05) is 31.1 Å². The van der Waals surface area contributed by atoms with Crippen LogP contribution in [-0.2, 0) is 34.6 Å². The summed E-state index contributed by atoms with van der Waals surface area (Å²) in [5, 5.41) is 6.24. The third-order valence-electron chi connectivity index (χ3n) is 5.15. The molecule has 1 amide bonds. The summed E-state index contributed by atoms with van der Waals surface area (Å²) in [6, 6.07) is 1.78. The summed E-state index contributed by atoms with van der Waals surface area (Å²) in [7, 11) is -1.29. The predicted octanol–water partition coefficient (Wildman–Crippen LogP) is 0.838. The number of aryl methyl sites for hydroxylation is 1. The molecule has 1 fully saturated rings. The fraction of sp³-hybridized carbons (Fsp3) is 0.529. The number of thiophene rings is 1. The summed E-state index contributed by atoms with van der Waals surface area (Å²) >= 11 is 1.75. The van der Waals surface area contributed by atoms with Gasteiger partial charge >= 0.3 is 0 Å². The molecule has 0 N–H and O–H groups in total. The number of amides is 1. The molecular formula is C17H22N4O3S2. The third-order valence-corrected chi connectivity index (χ3v) is 7.80. The molecule has 9 heteroatoms. The van der Waals surface area contributed by atoms with Crippen LogP contribution in [0.1, 0.15) is 22.0 Å². The first-order chi connectivity index (χ1) is 12.4. The number of hydrogen-bond acceptors (Lipinski definition) is 6. The van der Waals surface area contributed by atoms with Crippen molar-refractivity contribution >= 4 is 27.1 Å². The van der Waals surface area contributed by atoms with E-state index in [-0.39, 0.29) is 30.0 Å². The molecule has 0 aliphatic carbocycles. The zero-order valence-corrected chi connectivity index (χ0v) is 16.3. The summed E-state index contributed by atoms with van der Waals surface area (Å²) in [5.41, 5.74) is 2.09. The van der Waals surface area contributed by atoms with E-state index in [0.29, 0.717) is 13.1 Å². The summed E-state index contributed by atoms with van der Waals surface area (Å²) in [5.74, 6) is 0.210. The lowest BCUT2D eigenvalue weighted by Crippen LogP contribution is -2.48. The number of rotatable bonds is 3. The highest BCUT2D eigenvalue weighted by molar-refractivity contribution is 7.91. The minimum atomic E-state index is -3.10. The number of aromatic nitrogens is 2. The molecule has 0 spiro atoms. The molecule has 1 unspecified atom stereocenters. The van der Waals surface area contributed by atoms with Gasteiger partial charge in [-0.2, -0.15) is 5.10 Å². The van der Waals surface area contributed by atoms with Gasteiger partial charge in [-0.3, -0.25) is 14.4 Å². The Morgan fingerprint density at radius 1 is 1.38 bits per heavy atom. The molecule has 2 aromatic heterocycles. The Kier molecular flexibility index (Phi) is 4.62. The first kappa shape index (κ1) is 17.7. The van der Waals surface area contributed by atoms with E-state index in [9.17, 15) is 13.2 Å². The zero-order valence-electron chi connectivity index (χ0n) is 14.7. The molecule has 1 saturated heterocycles. The zero-order chi connectivity index (χ0) is 18.3. The standard InChI is InChI=1S/C17H22N4O3S2/c1-19-9-14(8-18-19)15-12-26(23,24)7-5-20(15)11-17(22)21-4-2-16-13(10-21)3-6-25-16/h3,6,8-9,15H,2,4-5,7,10-12H2,1H3. The van der Waals surface area contributed by atoms with E-state index in [1.807, 2.05) is 23.0 Å². The van der Waals surface area contributed by atoms with Crippen LogP contribution < -0.4 is 0 Å². The van der Waals surface area contributed by atoms with Crippen LogP contribution in [0, 0.1) is 0 Å². The smallest absolute Gasteiger partial charge is 0.237 e. The van der Waals surface area contributed by atoms with Gasteiger partial charge in [0.1, 0.15) is 0 Å². The van der Waals surface area contributed by atoms with Gasteiger partial charge in [-0.1, -0.05) is 0 Å². The van der Waals surface area contributed by atoms with Gasteiger partial charge in [0.15, 0.2) is 9.84 Å². The summed E-state index contributed by atoms with van der Waals surface area (Å²) in [6.45, 7) is 2.01. The minimum absolute atomic E-state index is 0.0423. The highest BCUT2D eigenvalue weighted by Gasteiger charge is 2.35. The van der Waals surface area contributed by atoms with Crippen molar-refractivity contribution in [3.05, 3.63) is 39.8 Å². The number of carbonyl (C=O) groups excluding carboxylic acids is 1. The van der Waals surface area contributed by atoms with Crippen LogP contribution in [0.3, 0.4) is 0 Å². The average Bonchev–Trinajstić information content (AvgIpc) is 3.24. The molecule has 2 aromatic rings. The van der Waals surface area contributed by atoms with Crippen LogP contribution in [0.25, 0.3) is 0 Å². The number of sulfone groups is 1. The monoisotopic (exact) mass is 394 g/mol.